The number of nitrogens with zero attached hydrogens (tertiary/aromatic N) is 1. The van der Waals surface area contributed by atoms with E-state index in [0.717, 1.165) is 59.7 Å². The molecule has 2 aromatic carbocycles. The van der Waals surface area contributed by atoms with Crippen LogP contribution in [0.2, 0.25) is 0 Å². The number of hydrogen-bond acceptors (Lipinski definition) is 4. The lowest BCUT2D eigenvalue weighted by molar-refractivity contribution is -0.119. The average molecular weight is 484 g/mol. The van der Waals surface area contributed by atoms with Crippen molar-refractivity contribution in [1.29, 1.82) is 0 Å². The smallest absolute Gasteiger partial charge is 0.162 e. The summed E-state index contributed by atoms with van der Waals surface area (Å²) in [5.74, 6) is 0.822. The van der Waals surface area contributed by atoms with E-state index in [4.69, 9.17) is 4.74 Å². The zero-order valence-corrected chi connectivity index (χ0v) is 22.2. The van der Waals surface area contributed by atoms with E-state index in [1.165, 1.54) is 5.56 Å². The van der Waals surface area contributed by atoms with Crippen molar-refractivity contribution in [3.8, 4) is 5.75 Å². The van der Waals surface area contributed by atoms with Crippen molar-refractivity contribution in [2.24, 2.45) is 10.8 Å². The van der Waals surface area contributed by atoms with Crippen LogP contribution in [-0.2, 0) is 16.0 Å². The first-order chi connectivity index (χ1) is 17.1. The van der Waals surface area contributed by atoms with Crippen LogP contribution in [0.5, 0.6) is 5.75 Å². The zero-order valence-electron chi connectivity index (χ0n) is 22.2. The predicted molar refractivity (Wildman–Crippen MR) is 143 cm³/mol. The number of carbonyl (C=O) groups is 2. The molecule has 0 atom stereocenters. The summed E-state index contributed by atoms with van der Waals surface area (Å²) in [6, 6.07) is 18.4. The number of allylic oxidation sites excluding steroid dienone is 4. The van der Waals surface area contributed by atoms with Crippen molar-refractivity contribution >= 4 is 11.6 Å². The van der Waals surface area contributed by atoms with Crippen molar-refractivity contribution in [3.63, 3.8) is 0 Å². The molecule has 0 aromatic heterocycles. The first-order valence-corrected chi connectivity index (χ1v) is 13.1. The molecule has 0 spiro atoms. The Morgan fingerprint density at radius 2 is 1.31 bits per heavy atom. The lowest BCUT2D eigenvalue weighted by Crippen LogP contribution is -2.45. The molecular weight excluding hydrogens is 446 g/mol. The second-order valence-corrected chi connectivity index (χ2v) is 12.2. The third-order valence-corrected chi connectivity index (χ3v) is 7.94. The molecule has 5 rings (SSSR count). The van der Waals surface area contributed by atoms with Crippen LogP contribution in [0.15, 0.2) is 77.1 Å². The monoisotopic (exact) mass is 483 g/mol. The molecule has 0 amide bonds. The van der Waals surface area contributed by atoms with Crippen molar-refractivity contribution < 1.29 is 14.3 Å². The van der Waals surface area contributed by atoms with Gasteiger partial charge in [-0.1, -0.05) is 70.2 Å². The lowest BCUT2D eigenvalue weighted by atomic mass is 9.63. The summed E-state index contributed by atoms with van der Waals surface area (Å²) in [6.07, 6.45) is 3.55. The van der Waals surface area contributed by atoms with E-state index in [-0.39, 0.29) is 28.3 Å². The third kappa shape index (κ3) is 4.54. The third-order valence-electron chi connectivity index (χ3n) is 7.94. The average Bonchev–Trinajstić information content (AvgIpc) is 2.81. The molecule has 1 aliphatic heterocycles. The molecule has 0 N–H and O–H groups in total. The number of Topliss-reactive ketones (excluding diaryl/α,β-unsaturated/α-hetero) is 2. The van der Waals surface area contributed by atoms with Crippen molar-refractivity contribution in [3.05, 3.63) is 88.3 Å². The van der Waals surface area contributed by atoms with Crippen molar-refractivity contribution in [2.45, 2.75) is 65.7 Å². The van der Waals surface area contributed by atoms with Gasteiger partial charge in [-0.3, -0.25) is 9.59 Å². The number of ketones is 2. The quantitative estimate of drug-likeness (QED) is 0.479. The van der Waals surface area contributed by atoms with Crippen molar-refractivity contribution in [1.82, 2.24) is 4.90 Å². The molecule has 2 aliphatic carbocycles. The Kier molecular flexibility index (Phi) is 6.18. The van der Waals surface area contributed by atoms with Gasteiger partial charge in [0.25, 0.3) is 0 Å². The number of carbonyl (C=O) groups excluding carboxylic acids is 2. The Morgan fingerprint density at radius 1 is 0.778 bits per heavy atom. The van der Waals surface area contributed by atoms with E-state index in [2.05, 4.69) is 56.9 Å². The standard InChI is InChI=1S/C32H37NO3/c1-31(2)17-24-29(26(34)19-31)28(22-11-13-23(36-5)14-12-22)30-25(18-32(3,4)20-27(30)35)33(24)16-15-21-9-7-6-8-10-21/h6-14,28H,15-20H2,1-5H3. The molecule has 188 valence electrons. The molecule has 4 heteroatoms. The van der Waals surface area contributed by atoms with Gasteiger partial charge in [0.15, 0.2) is 11.6 Å². The summed E-state index contributed by atoms with van der Waals surface area (Å²) in [5, 5.41) is 0. The van der Waals surface area contributed by atoms with E-state index >= 15 is 0 Å². The maximum Gasteiger partial charge on any atom is 0.162 e. The van der Waals surface area contributed by atoms with Crippen LogP contribution in [0, 0.1) is 10.8 Å². The van der Waals surface area contributed by atoms with Crippen LogP contribution >= 0.6 is 0 Å². The summed E-state index contributed by atoms with van der Waals surface area (Å²) in [7, 11) is 1.65. The van der Waals surface area contributed by atoms with Gasteiger partial charge in [0.05, 0.1) is 7.11 Å². The number of benzene rings is 2. The van der Waals surface area contributed by atoms with Gasteiger partial charge in [-0.25, -0.2) is 0 Å². The van der Waals surface area contributed by atoms with Crippen LogP contribution < -0.4 is 4.74 Å². The lowest BCUT2D eigenvalue weighted by Gasteiger charge is -2.49. The molecule has 0 fully saturated rings. The fraction of sp³-hybridized carbons (Fsp3) is 0.438. The molecule has 1 heterocycles. The van der Waals surface area contributed by atoms with Crippen LogP contribution in [0.3, 0.4) is 0 Å². The zero-order chi connectivity index (χ0) is 25.7. The van der Waals surface area contributed by atoms with Gasteiger partial charge < -0.3 is 9.64 Å². The highest BCUT2D eigenvalue weighted by Gasteiger charge is 2.48. The molecule has 0 radical (unpaired) electrons. The largest absolute Gasteiger partial charge is 0.497 e. The van der Waals surface area contributed by atoms with Gasteiger partial charge in [0.1, 0.15) is 5.75 Å². The first-order valence-electron chi connectivity index (χ1n) is 13.1. The normalized spacial score (nSPS) is 21.4. The summed E-state index contributed by atoms with van der Waals surface area (Å²) in [4.78, 5) is 30.0. The fourth-order valence-corrected chi connectivity index (χ4v) is 6.33. The second kappa shape index (κ2) is 9.06. The maximum absolute atomic E-state index is 13.8. The van der Waals surface area contributed by atoms with E-state index < -0.39 is 0 Å². The SMILES string of the molecule is COc1ccc(C2C3=C(CC(C)(C)CC3=O)N(CCc3ccccc3)C3=C2C(=O)CC(C)(C)C3)cc1. The summed E-state index contributed by atoms with van der Waals surface area (Å²) in [5.41, 5.74) is 5.95. The fourth-order valence-electron chi connectivity index (χ4n) is 6.33. The molecule has 36 heavy (non-hydrogen) atoms. The predicted octanol–water partition coefficient (Wildman–Crippen LogP) is 6.62. The summed E-state index contributed by atoms with van der Waals surface area (Å²) >= 11 is 0. The van der Waals surface area contributed by atoms with Gasteiger partial charge >= 0.3 is 0 Å². The van der Waals surface area contributed by atoms with Gasteiger partial charge in [0, 0.05) is 47.8 Å². The van der Waals surface area contributed by atoms with Gasteiger partial charge in [-0.05, 0) is 53.4 Å². The first kappa shape index (κ1) is 24.5. The minimum Gasteiger partial charge on any atom is -0.497 e. The van der Waals surface area contributed by atoms with Gasteiger partial charge in [-0.2, -0.15) is 0 Å². The highest BCUT2D eigenvalue weighted by atomic mass is 16.5. The molecule has 3 aliphatic rings. The Balaban J connectivity index is 1.68. The van der Waals surface area contributed by atoms with Crippen LogP contribution in [-0.4, -0.2) is 30.1 Å². The van der Waals surface area contributed by atoms with E-state index in [0.29, 0.717) is 12.8 Å². The summed E-state index contributed by atoms with van der Waals surface area (Å²) < 4.78 is 5.39. The Morgan fingerprint density at radius 3 is 1.81 bits per heavy atom. The number of methoxy groups -OCH3 is 1. The van der Waals surface area contributed by atoms with Crippen LogP contribution in [0.4, 0.5) is 0 Å². The van der Waals surface area contributed by atoms with Gasteiger partial charge in [-0.15, -0.1) is 0 Å². The highest BCUT2D eigenvalue weighted by Crippen LogP contribution is 2.54. The molecule has 0 bridgehead atoms. The summed E-state index contributed by atoms with van der Waals surface area (Å²) in [6.45, 7) is 9.51. The molecule has 2 aromatic rings. The molecule has 4 nitrogen and oxygen atoms in total. The number of hydrogen-bond donors (Lipinski definition) is 0. The maximum atomic E-state index is 13.8. The molecular formula is C32H37NO3. The van der Waals surface area contributed by atoms with E-state index in [9.17, 15) is 9.59 Å². The van der Waals surface area contributed by atoms with E-state index in [1.54, 1.807) is 7.11 Å². The minimum atomic E-state index is -0.305. The Bertz CT molecular complexity index is 1190. The second-order valence-electron chi connectivity index (χ2n) is 12.2. The number of rotatable bonds is 5. The number of ether oxygens (including phenoxy) is 1. The minimum absolute atomic E-state index is 0.113. The van der Waals surface area contributed by atoms with Crippen molar-refractivity contribution in [2.75, 3.05) is 13.7 Å². The van der Waals surface area contributed by atoms with E-state index in [1.807, 2.05) is 30.3 Å². The van der Waals surface area contributed by atoms with Crippen LogP contribution in [0.25, 0.3) is 0 Å². The Labute approximate surface area is 215 Å². The molecule has 0 unspecified atom stereocenters. The van der Waals surface area contributed by atoms with Gasteiger partial charge in [0.2, 0.25) is 0 Å². The Hall–Kier alpha value is -3.14. The topological polar surface area (TPSA) is 46.6 Å². The molecule has 0 saturated heterocycles. The highest BCUT2D eigenvalue weighted by molar-refractivity contribution is 6.06. The molecule has 0 saturated carbocycles. The van der Waals surface area contributed by atoms with Crippen LogP contribution in [0.1, 0.15) is 70.4 Å².